The fourth-order valence-electron chi connectivity index (χ4n) is 3.99. The number of nitrogens with zero attached hydrogens (tertiary/aromatic N) is 2. The first-order valence-electron chi connectivity index (χ1n) is 9.60. The van der Waals surface area contributed by atoms with E-state index < -0.39 is 15.9 Å². The minimum atomic E-state index is -3.86. The summed E-state index contributed by atoms with van der Waals surface area (Å²) in [6.45, 7) is 4.13. The molecule has 4 rings (SSSR count). The summed E-state index contributed by atoms with van der Waals surface area (Å²) in [5.74, 6) is -0.670. The minimum absolute atomic E-state index is 0.000678. The molecule has 0 spiro atoms. The average molecular weight is 419 g/mol. The molecule has 7 heteroatoms. The lowest BCUT2D eigenvalue weighted by molar-refractivity contribution is 0.0867. The summed E-state index contributed by atoms with van der Waals surface area (Å²) in [6.07, 6.45) is 3.66. The van der Waals surface area contributed by atoms with Crippen LogP contribution in [-0.4, -0.2) is 38.3 Å². The van der Waals surface area contributed by atoms with Gasteiger partial charge in [0.1, 0.15) is 4.90 Å². The Labute approximate surface area is 171 Å². The highest BCUT2D eigenvalue weighted by Gasteiger charge is 2.43. The van der Waals surface area contributed by atoms with Gasteiger partial charge >= 0.3 is 0 Å². The third kappa shape index (κ3) is 3.29. The molecule has 28 heavy (non-hydrogen) atoms. The van der Waals surface area contributed by atoms with Crippen LogP contribution < -0.4 is 4.90 Å². The van der Waals surface area contributed by atoms with Crippen LogP contribution in [-0.2, 0) is 10.0 Å². The molecular formula is C21H23ClN2O3S. The van der Waals surface area contributed by atoms with Gasteiger partial charge in [-0.1, -0.05) is 36.7 Å². The molecule has 5 nitrogen and oxygen atoms in total. The summed E-state index contributed by atoms with van der Waals surface area (Å²) in [4.78, 5) is 15.1. The number of piperidine rings is 1. The molecule has 2 aromatic carbocycles. The zero-order chi connectivity index (χ0) is 19.9. The van der Waals surface area contributed by atoms with Gasteiger partial charge in [-0.05, 0) is 55.0 Å². The average Bonchev–Trinajstić information content (AvgIpc) is 2.90. The number of hydrogen-bond acceptors (Lipinski definition) is 4. The molecule has 2 heterocycles. The third-order valence-corrected chi connectivity index (χ3v) is 7.69. The van der Waals surface area contributed by atoms with Crippen LogP contribution in [0.2, 0.25) is 5.02 Å². The minimum Gasteiger partial charge on any atom is -0.372 e. The molecule has 0 aromatic heterocycles. The van der Waals surface area contributed by atoms with E-state index in [1.807, 2.05) is 19.1 Å². The number of amides is 1. The normalized spacial score (nSPS) is 19.6. The van der Waals surface area contributed by atoms with E-state index in [0.29, 0.717) is 0 Å². The zero-order valence-electron chi connectivity index (χ0n) is 15.8. The zero-order valence-corrected chi connectivity index (χ0v) is 17.3. The highest BCUT2D eigenvalue weighted by molar-refractivity contribution is 7.90. The molecule has 1 unspecified atom stereocenters. The maximum Gasteiger partial charge on any atom is 0.270 e. The van der Waals surface area contributed by atoms with Gasteiger partial charge in [-0.15, -0.1) is 0 Å². The molecule has 1 amide bonds. The van der Waals surface area contributed by atoms with Crippen molar-refractivity contribution in [3.8, 4) is 0 Å². The predicted molar refractivity (Wildman–Crippen MR) is 111 cm³/mol. The van der Waals surface area contributed by atoms with Gasteiger partial charge in [0.15, 0.2) is 0 Å². The van der Waals surface area contributed by atoms with Gasteiger partial charge in [0.25, 0.3) is 15.9 Å². The molecule has 2 aliphatic rings. The molecule has 0 radical (unpaired) electrons. The summed E-state index contributed by atoms with van der Waals surface area (Å²) in [5.41, 5.74) is 2.26. The van der Waals surface area contributed by atoms with Crippen molar-refractivity contribution in [3.63, 3.8) is 0 Å². The first kappa shape index (κ1) is 19.3. The lowest BCUT2D eigenvalue weighted by Crippen LogP contribution is -2.33. The molecule has 1 atom stereocenters. The Bertz CT molecular complexity index is 1020. The highest BCUT2D eigenvalue weighted by Crippen LogP contribution is 2.36. The lowest BCUT2D eigenvalue weighted by atomic mass is 9.99. The molecule has 0 bridgehead atoms. The van der Waals surface area contributed by atoms with Crippen molar-refractivity contribution in [1.82, 2.24) is 4.31 Å². The molecule has 1 saturated heterocycles. The summed E-state index contributed by atoms with van der Waals surface area (Å²) in [6, 6.07) is 12.7. The molecule has 1 fully saturated rings. The number of rotatable bonds is 4. The van der Waals surface area contributed by atoms with Gasteiger partial charge in [-0.25, -0.2) is 12.7 Å². The van der Waals surface area contributed by atoms with Crippen LogP contribution in [0, 0.1) is 0 Å². The summed E-state index contributed by atoms with van der Waals surface area (Å²) in [5, 5.41) is 0.174. The molecule has 2 aromatic rings. The number of fused-ring (bicyclic) bond motifs is 1. The highest BCUT2D eigenvalue weighted by atomic mass is 35.5. The molecule has 148 valence electrons. The fraction of sp³-hybridized carbons (Fsp3) is 0.381. The van der Waals surface area contributed by atoms with Crippen LogP contribution in [0.15, 0.2) is 47.4 Å². The Hall–Kier alpha value is -2.05. The monoisotopic (exact) mass is 418 g/mol. The molecular weight excluding hydrogens is 396 g/mol. The van der Waals surface area contributed by atoms with Gasteiger partial charge in [0.2, 0.25) is 0 Å². The Balaban J connectivity index is 1.58. The predicted octanol–water partition coefficient (Wildman–Crippen LogP) is 4.28. The van der Waals surface area contributed by atoms with Crippen LogP contribution in [0.5, 0.6) is 0 Å². The van der Waals surface area contributed by atoms with Crippen molar-refractivity contribution in [3.05, 3.63) is 58.6 Å². The van der Waals surface area contributed by atoms with Crippen molar-refractivity contribution < 1.29 is 13.2 Å². The topological polar surface area (TPSA) is 57.7 Å². The quantitative estimate of drug-likeness (QED) is 0.743. The second kappa shape index (κ2) is 7.41. The van der Waals surface area contributed by atoms with Gasteiger partial charge in [0, 0.05) is 25.3 Å². The van der Waals surface area contributed by atoms with E-state index in [9.17, 15) is 13.2 Å². The maximum absolute atomic E-state index is 12.9. The molecule has 0 aliphatic carbocycles. The van der Waals surface area contributed by atoms with E-state index in [-0.39, 0.29) is 27.9 Å². The van der Waals surface area contributed by atoms with Crippen LogP contribution >= 0.6 is 11.6 Å². The lowest BCUT2D eigenvalue weighted by Gasteiger charge is -2.29. The van der Waals surface area contributed by atoms with Crippen LogP contribution in [0.3, 0.4) is 0 Å². The van der Waals surface area contributed by atoms with Crippen molar-refractivity contribution >= 4 is 33.2 Å². The van der Waals surface area contributed by atoms with E-state index in [0.717, 1.165) is 28.6 Å². The van der Waals surface area contributed by atoms with Gasteiger partial charge < -0.3 is 4.90 Å². The molecule has 2 aliphatic heterocycles. The van der Waals surface area contributed by atoms with Crippen molar-refractivity contribution in [2.45, 2.75) is 37.0 Å². The SMILES string of the molecule is CC(CN1C(=O)c2c(Cl)cccc2S1(=O)=O)c1cccc(N2CCCCC2)c1. The number of carbonyl (C=O) groups is 1. The second-order valence-electron chi connectivity index (χ2n) is 7.50. The van der Waals surface area contributed by atoms with Gasteiger partial charge in [-0.3, -0.25) is 4.79 Å². The number of sulfonamides is 1. The number of benzene rings is 2. The summed E-state index contributed by atoms with van der Waals surface area (Å²) in [7, 11) is -3.86. The number of anilines is 1. The van der Waals surface area contributed by atoms with Crippen molar-refractivity contribution in [1.29, 1.82) is 0 Å². The number of carbonyl (C=O) groups excluding carboxylic acids is 1. The first-order valence-corrected chi connectivity index (χ1v) is 11.4. The fourth-order valence-corrected chi connectivity index (χ4v) is 5.98. The summed E-state index contributed by atoms with van der Waals surface area (Å²) < 4.78 is 26.7. The summed E-state index contributed by atoms with van der Waals surface area (Å²) >= 11 is 6.10. The Morgan fingerprint density at radius 1 is 1.07 bits per heavy atom. The van der Waals surface area contributed by atoms with Crippen LogP contribution in [0.25, 0.3) is 0 Å². The number of halogens is 1. The largest absolute Gasteiger partial charge is 0.372 e. The van der Waals surface area contributed by atoms with E-state index in [1.54, 1.807) is 12.1 Å². The van der Waals surface area contributed by atoms with Gasteiger partial charge in [0.05, 0.1) is 10.6 Å². The van der Waals surface area contributed by atoms with Crippen LogP contribution in [0.4, 0.5) is 5.69 Å². The standard InChI is InChI=1S/C21H23ClN2O3S/c1-15(16-7-5-8-17(13-16)23-11-3-2-4-12-23)14-24-21(25)20-18(22)9-6-10-19(20)28(24,26)27/h5-10,13,15H,2-4,11-12,14H2,1H3. The third-order valence-electron chi connectivity index (χ3n) is 5.58. The number of hydrogen-bond donors (Lipinski definition) is 0. The smallest absolute Gasteiger partial charge is 0.270 e. The molecule has 0 saturated carbocycles. The Morgan fingerprint density at radius 2 is 1.79 bits per heavy atom. The maximum atomic E-state index is 12.9. The van der Waals surface area contributed by atoms with E-state index in [4.69, 9.17) is 11.6 Å². The van der Waals surface area contributed by atoms with E-state index in [1.165, 1.54) is 25.3 Å². The Morgan fingerprint density at radius 3 is 2.50 bits per heavy atom. The second-order valence-corrected chi connectivity index (χ2v) is 9.74. The van der Waals surface area contributed by atoms with Crippen LogP contribution in [0.1, 0.15) is 48.0 Å². The van der Waals surface area contributed by atoms with Gasteiger partial charge in [-0.2, -0.15) is 0 Å². The molecule has 0 N–H and O–H groups in total. The van der Waals surface area contributed by atoms with E-state index in [2.05, 4.69) is 17.0 Å². The van der Waals surface area contributed by atoms with Crippen molar-refractivity contribution in [2.75, 3.05) is 24.5 Å². The van der Waals surface area contributed by atoms with Crippen molar-refractivity contribution in [2.24, 2.45) is 0 Å². The Kier molecular flexibility index (Phi) is 5.10. The van der Waals surface area contributed by atoms with E-state index >= 15 is 0 Å². The first-order chi connectivity index (χ1) is 13.4.